The molecule has 0 aliphatic carbocycles. The maximum atomic E-state index is 12.5. The van der Waals surface area contributed by atoms with Crippen molar-refractivity contribution in [1.82, 2.24) is 20.2 Å². The van der Waals surface area contributed by atoms with Crippen molar-refractivity contribution in [2.24, 2.45) is 0 Å². The molecule has 0 bridgehead atoms. The number of amides is 1. The summed E-state index contributed by atoms with van der Waals surface area (Å²) in [4.78, 5) is 12.5. The summed E-state index contributed by atoms with van der Waals surface area (Å²) >= 11 is 7.19. The minimum absolute atomic E-state index is 0.0659. The molecule has 146 valence electrons. The average molecular weight is 416 g/mol. The van der Waals surface area contributed by atoms with Crippen molar-refractivity contribution in [3.05, 3.63) is 65.2 Å². The fourth-order valence-electron chi connectivity index (χ4n) is 2.66. The van der Waals surface area contributed by atoms with Crippen LogP contribution >= 0.6 is 23.4 Å². The molecule has 0 saturated heterocycles. The van der Waals surface area contributed by atoms with Gasteiger partial charge in [-0.3, -0.25) is 4.79 Å². The van der Waals surface area contributed by atoms with E-state index in [4.69, 9.17) is 17.4 Å². The summed E-state index contributed by atoms with van der Waals surface area (Å²) in [5.41, 5.74) is 2.00. The average Bonchev–Trinajstić information content (AvgIpc) is 3.07. The maximum Gasteiger partial charge on any atom is 0.233 e. The first kappa shape index (κ1) is 20.2. The Labute approximate surface area is 173 Å². The molecule has 0 aliphatic rings. The molecule has 3 aromatic rings. The number of halogens is 1. The zero-order chi connectivity index (χ0) is 20.1. The third-order valence-corrected chi connectivity index (χ3v) is 5.68. The van der Waals surface area contributed by atoms with Crippen molar-refractivity contribution >= 4 is 29.3 Å². The molecule has 1 aromatic heterocycles. The molecule has 2 atom stereocenters. The molecule has 1 heterocycles. The summed E-state index contributed by atoms with van der Waals surface area (Å²) < 4.78 is 1.39. The number of nitrogens with one attached hydrogen (secondary N) is 1. The van der Waals surface area contributed by atoms with E-state index in [0.717, 1.165) is 5.56 Å². The van der Waals surface area contributed by atoms with Crippen LogP contribution in [0.3, 0.4) is 0 Å². The molecule has 28 heavy (non-hydrogen) atoms. The number of rotatable bonds is 7. The highest BCUT2D eigenvalue weighted by Crippen LogP contribution is 2.25. The lowest BCUT2D eigenvalue weighted by molar-refractivity contribution is -0.120. The third kappa shape index (κ3) is 4.85. The number of thioether (sulfide) groups is 1. The van der Waals surface area contributed by atoms with Crippen LogP contribution in [0, 0.1) is 0 Å². The lowest BCUT2D eigenvalue weighted by Gasteiger charge is -2.15. The Balaban J connectivity index is 1.59. The molecule has 2 aromatic carbocycles. The van der Waals surface area contributed by atoms with Gasteiger partial charge in [-0.25, -0.2) is 4.68 Å². The van der Waals surface area contributed by atoms with Crippen molar-refractivity contribution in [3.63, 3.8) is 0 Å². The second kappa shape index (κ2) is 9.12. The highest BCUT2D eigenvalue weighted by Gasteiger charge is 2.20. The number of carbonyl (C=O) groups excluding carboxylic acids is 1. The number of nitrogen functional groups attached to an aromatic ring is 1. The predicted molar refractivity (Wildman–Crippen MR) is 114 cm³/mol. The number of nitrogens with two attached hydrogens (primary N) is 1. The first-order valence-electron chi connectivity index (χ1n) is 8.91. The van der Waals surface area contributed by atoms with E-state index < -0.39 is 0 Å². The second-order valence-corrected chi connectivity index (χ2v) is 8.24. The highest BCUT2D eigenvalue weighted by atomic mass is 35.5. The van der Waals surface area contributed by atoms with Gasteiger partial charge in [-0.2, -0.15) is 0 Å². The Morgan fingerprint density at radius 2 is 1.82 bits per heavy atom. The molecule has 0 fully saturated rings. The summed E-state index contributed by atoms with van der Waals surface area (Å²) in [6.45, 7) is 4.48. The Hall–Kier alpha value is -2.51. The van der Waals surface area contributed by atoms with E-state index in [1.807, 2.05) is 37.3 Å². The number of hydrogen-bond acceptors (Lipinski definition) is 5. The SMILES string of the molecule is CC(Sc1nnc(-c2ccc(Cl)cc2)n1N)C(=O)NCC(C)c1ccccc1. The predicted octanol–water partition coefficient (Wildman–Crippen LogP) is 3.71. The maximum absolute atomic E-state index is 12.5. The summed E-state index contributed by atoms with van der Waals surface area (Å²) in [6.07, 6.45) is 0. The van der Waals surface area contributed by atoms with E-state index in [9.17, 15) is 4.79 Å². The highest BCUT2D eigenvalue weighted by molar-refractivity contribution is 8.00. The number of hydrogen-bond donors (Lipinski definition) is 2. The quantitative estimate of drug-likeness (QED) is 0.453. The third-order valence-electron chi connectivity index (χ3n) is 4.37. The van der Waals surface area contributed by atoms with Gasteiger partial charge in [0.2, 0.25) is 11.1 Å². The van der Waals surface area contributed by atoms with Gasteiger partial charge in [-0.05, 0) is 42.7 Å². The molecule has 6 nitrogen and oxygen atoms in total. The smallest absolute Gasteiger partial charge is 0.233 e. The van der Waals surface area contributed by atoms with Gasteiger partial charge in [0, 0.05) is 17.1 Å². The molecule has 0 aliphatic heterocycles. The van der Waals surface area contributed by atoms with Gasteiger partial charge in [0.1, 0.15) is 0 Å². The summed E-state index contributed by atoms with van der Waals surface area (Å²) in [6, 6.07) is 17.3. The van der Waals surface area contributed by atoms with E-state index in [0.29, 0.717) is 22.5 Å². The Morgan fingerprint density at radius 1 is 1.14 bits per heavy atom. The fraction of sp³-hybridized carbons (Fsp3) is 0.250. The lowest BCUT2D eigenvalue weighted by Crippen LogP contribution is -2.33. The van der Waals surface area contributed by atoms with Gasteiger partial charge in [-0.1, -0.05) is 60.6 Å². The van der Waals surface area contributed by atoms with Crippen LogP contribution in [0.25, 0.3) is 11.4 Å². The second-order valence-electron chi connectivity index (χ2n) is 6.50. The van der Waals surface area contributed by atoms with Crippen LogP contribution in [-0.4, -0.2) is 32.6 Å². The van der Waals surface area contributed by atoms with Crippen LogP contribution in [0.15, 0.2) is 59.8 Å². The minimum Gasteiger partial charge on any atom is -0.355 e. The first-order valence-corrected chi connectivity index (χ1v) is 10.2. The van der Waals surface area contributed by atoms with Crippen molar-refractivity contribution in [2.45, 2.75) is 30.2 Å². The molecule has 8 heteroatoms. The summed E-state index contributed by atoms with van der Waals surface area (Å²) in [7, 11) is 0. The zero-order valence-corrected chi connectivity index (χ0v) is 17.2. The zero-order valence-electron chi connectivity index (χ0n) is 15.7. The monoisotopic (exact) mass is 415 g/mol. The Morgan fingerprint density at radius 3 is 2.50 bits per heavy atom. The Kier molecular flexibility index (Phi) is 6.59. The number of nitrogens with zero attached hydrogens (tertiary/aromatic N) is 3. The van der Waals surface area contributed by atoms with Gasteiger partial charge < -0.3 is 11.2 Å². The van der Waals surface area contributed by atoms with E-state index in [2.05, 4.69) is 34.6 Å². The van der Waals surface area contributed by atoms with Crippen molar-refractivity contribution in [2.75, 3.05) is 12.4 Å². The van der Waals surface area contributed by atoms with Crippen molar-refractivity contribution in [3.8, 4) is 11.4 Å². The molecule has 0 saturated carbocycles. The standard InChI is InChI=1S/C20H22ClN5OS/c1-13(15-6-4-3-5-7-15)12-23-19(27)14(2)28-20-25-24-18(26(20)22)16-8-10-17(21)11-9-16/h3-11,13-14H,12,22H2,1-2H3,(H,23,27). The topological polar surface area (TPSA) is 85.8 Å². The molecule has 3 rings (SSSR count). The van der Waals surface area contributed by atoms with Gasteiger partial charge in [0.15, 0.2) is 5.82 Å². The van der Waals surface area contributed by atoms with Gasteiger partial charge in [0.05, 0.1) is 5.25 Å². The van der Waals surface area contributed by atoms with E-state index in [1.165, 1.54) is 22.0 Å². The van der Waals surface area contributed by atoms with Crippen LogP contribution in [0.2, 0.25) is 5.02 Å². The number of aromatic nitrogens is 3. The van der Waals surface area contributed by atoms with Crippen LogP contribution in [0.5, 0.6) is 0 Å². The van der Waals surface area contributed by atoms with Crippen LogP contribution < -0.4 is 11.2 Å². The minimum atomic E-state index is -0.354. The van der Waals surface area contributed by atoms with E-state index in [1.54, 1.807) is 12.1 Å². The Bertz CT molecular complexity index is 930. The van der Waals surface area contributed by atoms with E-state index in [-0.39, 0.29) is 17.1 Å². The molecule has 2 unspecified atom stereocenters. The summed E-state index contributed by atoms with van der Waals surface area (Å²) in [5, 5.41) is 12.0. The van der Waals surface area contributed by atoms with Crippen LogP contribution in [0.1, 0.15) is 25.3 Å². The van der Waals surface area contributed by atoms with Gasteiger partial charge in [-0.15, -0.1) is 10.2 Å². The normalized spacial score (nSPS) is 13.1. The molecular weight excluding hydrogens is 394 g/mol. The largest absolute Gasteiger partial charge is 0.355 e. The molecule has 1 amide bonds. The number of carbonyl (C=O) groups is 1. The van der Waals surface area contributed by atoms with Crippen LogP contribution in [-0.2, 0) is 4.79 Å². The molecule has 0 radical (unpaired) electrons. The molecule has 3 N–H and O–H groups in total. The molecule has 0 spiro atoms. The fourth-order valence-corrected chi connectivity index (χ4v) is 3.58. The molecular formula is C20H22ClN5OS. The first-order chi connectivity index (χ1) is 13.5. The lowest BCUT2D eigenvalue weighted by atomic mass is 10.0. The van der Waals surface area contributed by atoms with E-state index >= 15 is 0 Å². The van der Waals surface area contributed by atoms with Crippen molar-refractivity contribution < 1.29 is 4.79 Å². The van der Waals surface area contributed by atoms with Gasteiger partial charge in [0.25, 0.3) is 0 Å². The van der Waals surface area contributed by atoms with Gasteiger partial charge >= 0.3 is 0 Å². The van der Waals surface area contributed by atoms with Crippen molar-refractivity contribution in [1.29, 1.82) is 0 Å². The number of benzene rings is 2. The summed E-state index contributed by atoms with van der Waals surface area (Å²) in [5.74, 6) is 6.81. The van der Waals surface area contributed by atoms with Crippen LogP contribution in [0.4, 0.5) is 0 Å².